The minimum absolute atomic E-state index is 0.519. The Morgan fingerprint density at radius 1 is 1.80 bits per heavy atom. The zero-order valence-electron chi connectivity index (χ0n) is 5.53. The zero-order valence-corrected chi connectivity index (χ0v) is 6.35. The molecular weight excluding hydrogens is 146 g/mol. The number of nitrogens with zero attached hydrogens (tertiary/aromatic N) is 1. The molecule has 2 nitrogen and oxygen atoms in total. The van der Waals surface area contributed by atoms with Gasteiger partial charge in [0.1, 0.15) is 6.07 Å². The Labute approximate surface area is 63.4 Å². The Bertz CT molecular complexity index is 259. The van der Waals surface area contributed by atoms with Crippen LogP contribution in [-0.4, -0.2) is 5.11 Å². The molecule has 1 rings (SSSR count). The molecule has 0 unspecified atom stereocenters. The molecule has 1 N–H and O–H groups in total. The summed E-state index contributed by atoms with van der Waals surface area (Å²) in [5.41, 5.74) is 0.583. The Balaban J connectivity index is 3.05. The van der Waals surface area contributed by atoms with E-state index in [1.54, 1.807) is 18.4 Å². The molecule has 0 saturated carbocycles. The average Bonchev–Trinajstić information content (AvgIpc) is 2.33. The van der Waals surface area contributed by atoms with Crippen LogP contribution in [0.25, 0.3) is 0 Å². The third-order valence-corrected chi connectivity index (χ3v) is 2.28. The molecular formula is C7H7NOS. The van der Waals surface area contributed by atoms with Gasteiger partial charge in [-0.3, -0.25) is 0 Å². The lowest BCUT2D eigenvalue weighted by molar-refractivity contribution is 0.203. The number of nitriles is 1. The minimum Gasteiger partial charge on any atom is -0.388 e. The molecule has 0 aliphatic rings. The molecule has 1 aromatic heterocycles. The maximum atomic E-state index is 9.08. The molecule has 0 radical (unpaired) electrons. The van der Waals surface area contributed by atoms with Gasteiger partial charge in [-0.2, -0.15) is 5.26 Å². The fourth-order valence-corrected chi connectivity index (χ4v) is 1.53. The predicted octanol–water partition coefficient (Wildman–Crippen LogP) is 1.67. The molecule has 0 spiro atoms. The van der Waals surface area contributed by atoms with Gasteiger partial charge in [-0.05, 0) is 18.4 Å². The number of hydrogen-bond donors (Lipinski definition) is 1. The molecule has 0 aromatic carbocycles. The van der Waals surface area contributed by atoms with Crippen LogP contribution in [0.15, 0.2) is 11.4 Å². The van der Waals surface area contributed by atoms with E-state index in [2.05, 4.69) is 0 Å². The van der Waals surface area contributed by atoms with Crippen molar-refractivity contribution in [2.75, 3.05) is 0 Å². The molecule has 0 aliphatic carbocycles. The van der Waals surface area contributed by atoms with Gasteiger partial charge in [0.25, 0.3) is 0 Å². The summed E-state index contributed by atoms with van der Waals surface area (Å²) in [4.78, 5) is 0.752. The van der Waals surface area contributed by atoms with Crippen LogP contribution >= 0.6 is 11.3 Å². The van der Waals surface area contributed by atoms with Crippen molar-refractivity contribution in [2.45, 2.75) is 13.0 Å². The number of thiophene rings is 1. The highest BCUT2D eigenvalue weighted by Gasteiger charge is 2.07. The van der Waals surface area contributed by atoms with E-state index in [1.165, 1.54) is 11.3 Å². The molecule has 1 atom stereocenters. The summed E-state index contributed by atoms with van der Waals surface area (Å²) in [6.07, 6.45) is -0.519. The maximum absolute atomic E-state index is 9.08. The average molecular weight is 153 g/mol. The second kappa shape index (κ2) is 2.82. The topological polar surface area (TPSA) is 44.0 Å². The van der Waals surface area contributed by atoms with Crippen molar-refractivity contribution in [1.29, 1.82) is 5.26 Å². The molecule has 1 heterocycles. The van der Waals surface area contributed by atoms with E-state index in [9.17, 15) is 0 Å². The van der Waals surface area contributed by atoms with Crippen molar-refractivity contribution in [2.24, 2.45) is 0 Å². The van der Waals surface area contributed by atoms with Crippen LogP contribution in [0.1, 0.15) is 23.5 Å². The number of rotatable bonds is 1. The van der Waals surface area contributed by atoms with E-state index in [0.717, 1.165) is 4.88 Å². The monoisotopic (exact) mass is 153 g/mol. The standard InChI is InChI=1S/C7H7NOS/c1-5(9)7-6(4-8)2-3-10-7/h2-3,5,9H,1H3/t5-/m1/s1. The molecule has 0 aliphatic heterocycles. The number of aliphatic hydroxyl groups excluding tert-OH is 1. The molecule has 3 heteroatoms. The first-order valence-electron chi connectivity index (χ1n) is 2.91. The lowest BCUT2D eigenvalue weighted by atomic mass is 10.2. The first-order valence-corrected chi connectivity index (χ1v) is 3.79. The van der Waals surface area contributed by atoms with Crippen molar-refractivity contribution in [3.63, 3.8) is 0 Å². The summed E-state index contributed by atoms with van der Waals surface area (Å²) >= 11 is 1.41. The first kappa shape index (κ1) is 7.26. The largest absolute Gasteiger partial charge is 0.388 e. The van der Waals surface area contributed by atoms with Gasteiger partial charge in [0.2, 0.25) is 0 Å². The van der Waals surface area contributed by atoms with Crippen molar-refractivity contribution in [1.82, 2.24) is 0 Å². The Morgan fingerprint density at radius 3 is 2.90 bits per heavy atom. The van der Waals surface area contributed by atoms with E-state index in [1.807, 2.05) is 6.07 Å². The van der Waals surface area contributed by atoms with Gasteiger partial charge < -0.3 is 5.11 Å². The summed E-state index contributed by atoms with van der Waals surface area (Å²) in [6, 6.07) is 3.72. The highest BCUT2D eigenvalue weighted by atomic mass is 32.1. The molecule has 0 saturated heterocycles. The van der Waals surface area contributed by atoms with Crippen LogP contribution in [0.4, 0.5) is 0 Å². The zero-order chi connectivity index (χ0) is 7.56. The van der Waals surface area contributed by atoms with Gasteiger partial charge in [0.05, 0.1) is 16.5 Å². The van der Waals surface area contributed by atoms with Gasteiger partial charge in [-0.15, -0.1) is 11.3 Å². The lowest BCUT2D eigenvalue weighted by Gasteiger charge is -1.98. The third-order valence-electron chi connectivity index (χ3n) is 1.20. The van der Waals surface area contributed by atoms with Crippen LogP contribution in [0.3, 0.4) is 0 Å². The minimum atomic E-state index is -0.519. The summed E-state index contributed by atoms with van der Waals surface area (Å²) < 4.78 is 0. The van der Waals surface area contributed by atoms with E-state index in [-0.39, 0.29) is 0 Å². The van der Waals surface area contributed by atoms with Gasteiger partial charge in [-0.25, -0.2) is 0 Å². The van der Waals surface area contributed by atoms with Crippen LogP contribution in [-0.2, 0) is 0 Å². The van der Waals surface area contributed by atoms with Crippen LogP contribution in [0, 0.1) is 11.3 Å². The summed E-state index contributed by atoms with van der Waals surface area (Å²) in [5.74, 6) is 0. The summed E-state index contributed by atoms with van der Waals surface area (Å²) in [5, 5.41) is 19.4. The van der Waals surface area contributed by atoms with Crippen LogP contribution in [0.5, 0.6) is 0 Å². The Morgan fingerprint density at radius 2 is 2.50 bits per heavy atom. The lowest BCUT2D eigenvalue weighted by Crippen LogP contribution is -1.88. The van der Waals surface area contributed by atoms with E-state index < -0.39 is 6.10 Å². The Hall–Kier alpha value is -0.850. The van der Waals surface area contributed by atoms with Crippen LogP contribution in [0.2, 0.25) is 0 Å². The van der Waals surface area contributed by atoms with Crippen molar-refractivity contribution in [3.05, 3.63) is 21.9 Å². The Kier molecular flexibility index (Phi) is 2.05. The SMILES string of the molecule is C[C@@H](O)c1sccc1C#N. The highest BCUT2D eigenvalue weighted by Crippen LogP contribution is 2.22. The first-order chi connectivity index (χ1) is 4.75. The maximum Gasteiger partial charge on any atom is 0.100 e. The van der Waals surface area contributed by atoms with Crippen molar-refractivity contribution in [3.8, 4) is 6.07 Å². The molecule has 10 heavy (non-hydrogen) atoms. The fraction of sp³-hybridized carbons (Fsp3) is 0.286. The number of aliphatic hydroxyl groups is 1. The molecule has 0 fully saturated rings. The van der Waals surface area contributed by atoms with E-state index in [4.69, 9.17) is 10.4 Å². The van der Waals surface area contributed by atoms with Crippen molar-refractivity contribution >= 4 is 11.3 Å². The highest BCUT2D eigenvalue weighted by molar-refractivity contribution is 7.10. The number of hydrogen-bond acceptors (Lipinski definition) is 3. The van der Waals surface area contributed by atoms with Gasteiger partial charge in [-0.1, -0.05) is 0 Å². The van der Waals surface area contributed by atoms with E-state index in [0.29, 0.717) is 5.56 Å². The molecule has 52 valence electrons. The molecule has 0 bridgehead atoms. The second-order valence-electron chi connectivity index (χ2n) is 1.99. The smallest absolute Gasteiger partial charge is 0.100 e. The van der Waals surface area contributed by atoms with Crippen LogP contribution < -0.4 is 0 Å². The molecule has 0 amide bonds. The third kappa shape index (κ3) is 1.18. The molecule has 1 aromatic rings. The summed E-state index contributed by atoms with van der Waals surface area (Å²) in [6.45, 7) is 1.66. The normalized spacial score (nSPS) is 12.5. The predicted molar refractivity (Wildman–Crippen MR) is 39.7 cm³/mol. The van der Waals surface area contributed by atoms with Gasteiger partial charge in [0.15, 0.2) is 0 Å². The van der Waals surface area contributed by atoms with Gasteiger partial charge >= 0.3 is 0 Å². The summed E-state index contributed by atoms with van der Waals surface area (Å²) in [7, 11) is 0. The fourth-order valence-electron chi connectivity index (χ4n) is 0.737. The second-order valence-corrected chi connectivity index (χ2v) is 2.93. The van der Waals surface area contributed by atoms with Gasteiger partial charge in [0, 0.05) is 0 Å². The van der Waals surface area contributed by atoms with E-state index >= 15 is 0 Å². The van der Waals surface area contributed by atoms with Crippen molar-refractivity contribution < 1.29 is 5.11 Å². The quantitative estimate of drug-likeness (QED) is 0.667.